The molecule has 3 heterocycles. The number of hydrogen-bond acceptors (Lipinski definition) is 5. The Balaban J connectivity index is 1.75. The van der Waals surface area contributed by atoms with Gasteiger partial charge in [0.15, 0.2) is 11.6 Å². The molecule has 2 atom stereocenters. The van der Waals surface area contributed by atoms with Gasteiger partial charge in [-0.3, -0.25) is 4.79 Å². The van der Waals surface area contributed by atoms with E-state index in [1.807, 2.05) is 27.7 Å². The van der Waals surface area contributed by atoms with Gasteiger partial charge in [-0.15, -0.1) is 0 Å². The first-order valence-corrected chi connectivity index (χ1v) is 8.72. The standard InChI is InChI=1S/C18H29NO5/c1-6-19-8-7-18(15(19)20,9-13-11-21-16(2,3)23-13)10-14-12-22-17(4,5)24-14/h6,13-14H,1,7-12H2,2-5H3. The first-order valence-electron chi connectivity index (χ1n) is 8.72. The summed E-state index contributed by atoms with van der Waals surface area (Å²) in [7, 11) is 0. The van der Waals surface area contributed by atoms with E-state index in [4.69, 9.17) is 18.9 Å². The lowest BCUT2D eigenvalue weighted by molar-refractivity contribution is -0.155. The van der Waals surface area contributed by atoms with Crippen LogP contribution in [-0.2, 0) is 23.7 Å². The Bertz CT molecular complexity index is 488. The van der Waals surface area contributed by atoms with Crippen LogP contribution in [0.15, 0.2) is 12.8 Å². The van der Waals surface area contributed by atoms with Crippen LogP contribution >= 0.6 is 0 Å². The topological polar surface area (TPSA) is 57.2 Å². The normalized spacial score (nSPS) is 38.0. The summed E-state index contributed by atoms with van der Waals surface area (Å²) in [5.41, 5.74) is -0.503. The van der Waals surface area contributed by atoms with Crippen molar-refractivity contribution >= 4 is 5.91 Å². The minimum Gasteiger partial charge on any atom is -0.348 e. The summed E-state index contributed by atoms with van der Waals surface area (Å²) in [4.78, 5) is 14.7. The molecule has 6 nitrogen and oxygen atoms in total. The van der Waals surface area contributed by atoms with Gasteiger partial charge < -0.3 is 23.8 Å². The van der Waals surface area contributed by atoms with Crippen LogP contribution in [0.3, 0.4) is 0 Å². The lowest BCUT2D eigenvalue weighted by Gasteiger charge is -2.32. The van der Waals surface area contributed by atoms with E-state index in [2.05, 4.69) is 6.58 Å². The van der Waals surface area contributed by atoms with Gasteiger partial charge in [0.05, 0.1) is 30.8 Å². The Kier molecular flexibility index (Phi) is 4.53. The van der Waals surface area contributed by atoms with E-state index in [9.17, 15) is 4.79 Å². The van der Waals surface area contributed by atoms with Crippen molar-refractivity contribution in [1.82, 2.24) is 4.90 Å². The maximum absolute atomic E-state index is 13.0. The van der Waals surface area contributed by atoms with E-state index in [-0.39, 0.29) is 18.1 Å². The van der Waals surface area contributed by atoms with Gasteiger partial charge >= 0.3 is 0 Å². The fraction of sp³-hybridized carbons (Fsp3) is 0.833. The number of hydrogen-bond donors (Lipinski definition) is 0. The van der Waals surface area contributed by atoms with Crippen LogP contribution in [-0.4, -0.2) is 54.3 Å². The highest BCUT2D eigenvalue weighted by atomic mass is 16.7. The maximum atomic E-state index is 13.0. The Morgan fingerprint density at radius 1 is 1.08 bits per heavy atom. The average Bonchev–Trinajstić information content (AvgIpc) is 3.09. The monoisotopic (exact) mass is 339 g/mol. The molecule has 1 amide bonds. The highest BCUT2D eigenvalue weighted by Gasteiger charge is 2.51. The predicted molar refractivity (Wildman–Crippen MR) is 88.0 cm³/mol. The molecule has 3 rings (SSSR count). The summed E-state index contributed by atoms with van der Waals surface area (Å²) in [6.45, 7) is 13.1. The van der Waals surface area contributed by atoms with E-state index in [0.29, 0.717) is 32.6 Å². The number of carbonyl (C=O) groups excluding carboxylic acids is 1. The molecular formula is C18H29NO5. The lowest BCUT2D eigenvalue weighted by atomic mass is 9.76. The second-order valence-corrected chi connectivity index (χ2v) is 8.02. The summed E-state index contributed by atoms with van der Waals surface area (Å²) in [5.74, 6) is -1.06. The minimum absolute atomic E-state index is 0.0796. The van der Waals surface area contributed by atoms with Crippen molar-refractivity contribution in [1.29, 1.82) is 0 Å². The third-order valence-electron chi connectivity index (χ3n) is 5.14. The minimum atomic E-state index is -0.583. The van der Waals surface area contributed by atoms with E-state index in [1.165, 1.54) is 0 Å². The molecule has 3 fully saturated rings. The van der Waals surface area contributed by atoms with Gasteiger partial charge in [-0.25, -0.2) is 0 Å². The summed E-state index contributed by atoms with van der Waals surface area (Å²) in [5, 5.41) is 0. The summed E-state index contributed by atoms with van der Waals surface area (Å²) in [6.07, 6.45) is 3.52. The number of amides is 1. The molecule has 2 unspecified atom stereocenters. The van der Waals surface area contributed by atoms with Crippen molar-refractivity contribution < 1.29 is 23.7 Å². The number of rotatable bonds is 5. The van der Waals surface area contributed by atoms with Crippen LogP contribution in [0.4, 0.5) is 0 Å². The van der Waals surface area contributed by atoms with Crippen molar-refractivity contribution in [3.05, 3.63) is 12.8 Å². The first kappa shape index (κ1) is 17.9. The van der Waals surface area contributed by atoms with Crippen molar-refractivity contribution in [2.45, 2.75) is 70.7 Å². The SMILES string of the molecule is C=CN1CCC(CC2COC(C)(C)O2)(CC2COC(C)(C)O2)C1=O. The van der Waals surface area contributed by atoms with E-state index < -0.39 is 17.0 Å². The molecule has 0 saturated carbocycles. The predicted octanol–water partition coefficient (Wildman–Crippen LogP) is 2.43. The molecule has 0 aromatic rings. The van der Waals surface area contributed by atoms with Crippen LogP contribution < -0.4 is 0 Å². The number of nitrogens with zero attached hydrogens (tertiary/aromatic N) is 1. The molecule has 0 radical (unpaired) electrons. The first-order chi connectivity index (χ1) is 11.1. The Morgan fingerprint density at radius 2 is 1.58 bits per heavy atom. The number of carbonyl (C=O) groups is 1. The smallest absolute Gasteiger partial charge is 0.232 e. The van der Waals surface area contributed by atoms with Crippen LogP contribution in [0.25, 0.3) is 0 Å². The number of ether oxygens (including phenoxy) is 4. The van der Waals surface area contributed by atoms with Crippen molar-refractivity contribution in [3.63, 3.8) is 0 Å². The molecule has 24 heavy (non-hydrogen) atoms. The zero-order valence-electron chi connectivity index (χ0n) is 15.2. The zero-order chi connectivity index (χ0) is 17.6. The molecule has 0 N–H and O–H groups in total. The van der Waals surface area contributed by atoms with Gasteiger partial charge in [-0.05, 0) is 53.2 Å². The van der Waals surface area contributed by atoms with Crippen LogP contribution in [0.2, 0.25) is 0 Å². The summed E-state index contributed by atoms with van der Waals surface area (Å²) in [6, 6.07) is 0. The van der Waals surface area contributed by atoms with Crippen molar-refractivity contribution in [2.24, 2.45) is 5.41 Å². The van der Waals surface area contributed by atoms with Gasteiger partial charge in [0.25, 0.3) is 0 Å². The molecule has 3 saturated heterocycles. The highest BCUT2D eigenvalue weighted by Crippen LogP contribution is 2.45. The summed E-state index contributed by atoms with van der Waals surface area (Å²) < 4.78 is 23.3. The average molecular weight is 339 g/mol. The molecule has 0 aromatic heterocycles. The molecule has 3 aliphatic heterocycles. The quantitative estimate of drug-likeness (QED) is 0.770. The maximum Gasteiger partial charge on any atom is 0.232 e. The van der Waals surface area contributed by atoms with Gasteiger partial charge in [-0.2, -0.15) is 0 Å². The highest BCUT2D eigenvalue weighted by molar-refractivity contribution is 5.85. The molecule has 6 heteroatoms. The third-order valence-corrected chi connectivity index (χ3v) is 5.14. The summed E-state index contributed by atoms with van der Waals surface area (Å²) >= 11 is 0. The molecule has 3 aliphatic rings. The second kappa shape index (κ2) is 6.09. The van der Waals surface area contributed by atoms with Crippen LogP contribution in [0.1, 0.15) is 47.0 Å². The molecule has 0 aliphatic carbocycles. The zero-order valence-corrected chi connectivity index (χ0v) is 15.2. The Morgan fingerprint density at radius 3 is 1.92 bits per heavy atom. The third kappa shape index (κ3) is 3.52. The Hall–Kier alpha value is -0.950. The second-order valence-electron chi connectivity index (χ2n) is 8.02. The Labute approximate surface area is 144 Å². The van der Waals surface area contributed by atoms with E-state index in [1.54, 1.807) is 11.1 Å². The van der Waals surface area contributed by atoms with Gasteiger partial charge in [0.1, 0.15) is 0 Å². The van der Waals surface area contributed by atoms with Gasteiger partial charge in [-0.1, -0.05) is 6.58 Å². The molecular weight excluding hydrogens is 310 g/mol. The fourth-order valence-corrected chi connectivity index (χ4v) is 4.08. The molecule has 136 valence electrons. The molecule has 0 bridgehead atoms. The van der Waals surface area contributed by atoms with Gasteiger partial charge in [0, 0.05) is 6.54 Å². The van der Waals surface area contributed by atoms with Crippen LogP contribution in [0, 0.1) is 5.41 Å². The van der Waals surface area contributed by atoms with Crippen LogP contribution in [0.5, 0.6) is 0 Å². The number of likely N-dealkylation sites (tertiary alicyclic amines) is 1. The fourth-order valence-electron chi connectivity index (χ4n) is 4.08. The van der Waals surface area contributed by atoms with Crippen molar-refractivity contribution in [2.75, 3.05) is 19.8 Å². The van der Waals surface area contributed by atoms with Gasteiger partial charge in [0.2, 0.25) is 5.91 Å². The van der Waals surface area contributed by atoms with E-state index in [0.717, 1.165) is 6.42 Å². The van der Waals surface area contributed by atoms with Crippen molar-refractivity contribution in [3.8, 4) is 0 Å². The lowest BCUT2D eigenvalue weighted by Crippen LogP contribution is -2.39. The largest absolute Gasteiger partial charge is 0.348 e. The molecule has 0 aromatic carbocycles. The van der Waals surface area contributed by atoms with E-state index >= 15 is 0 Å². The molecule has 0 spiro atoms.